The molecule has 21 heavy (non-hydrogen) atoms. The molecule has 3 nitrogen and oxygen atoms in total. The highest BCUT2D eigenvalue weighted by Gasteiger charge is 2.29. The Morgan fingerprint density at radius 3 is 2.33 bits per heavy atom. The van der Waals surface area contributed by atoms with Crippen molar-refractivity contribution in [3.63, 3.8) is 0 Å². The standard InChI is InChI=1S/C16H26F2N2O/c1-5-20(6-2)8-7-19-16(4,11-21)13-10-14(17)12(3)9-15(13)18/h9-10,19,21H,5-8,11H2,1-4H3. The number of hydrogen-bond donors (Lipinski definition) is 2. The second-order valence-corrected chi connectivity index (χ2v) is 5.53. The second-order valence-electron chi connectivity index (χ2n) is 5.53. The molecule has 0 heterocycles. The minimum atomic E-state index is -0.994. The normalized spacial score (nSPS) is 14.5. The number of aliphatic hydroxyl groups excluding tert-OH is 1. The molecule has 0 aliphatic rings. The van der Waals surface area contributed by atoms with Gasteiger partial charge < -0.3 is 15.3 Å². The van der Waals surface area contributed by atoms with Crippen molar-refractivity contribution in [2.45, 2.75) is 33.2 Å². The molecule has 2 N–H and O–H groups in total. The summed E-state index contributed by atoms with van der Waals surface area (Å²) in [6.45, 7) is 10.3. The zero-order valence-electron chi connectivity index (χ0n) is 13.3. The van der Waals surface area contributed by atoms with E-state index in [2.05, 4.69) is 24.1 Å². The maximum Gasteiger partial charge on any atom is 0.128 e. The summed E-state index contributed by atoms with van der Waals surface area (Å²) in [6, 6.07) is 2.34. The molecular formula is C16H26F2N2O. The molecule has 0 aliphatic heterocycles. The van der Waals surface area contributed by atoms with Crippen molar-refractivity contribution in [3.05, 3.63) is 34.9 Å². The van der Waals surface area contributed by atoms with Crippen LogP contribution in [-0.2, 0) is 5.54 Å². The predicted molar refractivity (Wildman–Crippen MR) is 81.3 cm³/mol. The van der Waals surface area contributed by atoms with Gasteiger partial charge in [-0.1, -0.05) is 13.8 Å². The molecule has 120 valence electrons. The summed E-state index contributed by atoms with van der Waals surface area (Å²) in [7, 11) is 0. The van der Waals surface area contributed by atoms with Crippen molar-refractivity contribution in [2.75, 3.05) is 32.8 Å². The molecule has 0 saturated carbocycles. The van der Waals surface area contributed by atoms with Gasteiger partial charge in [-0.2, -0.15) is 0 Å². The Labute approximate surface area is 126 Å². The summed E-state index contributed by atoms with van der Waals surface area (Å²) >= 11 is 0. The van der Waals surface area contributed by atoms with E-state index >= 15 is 0 Å². The number of hydrogen-bond acceptors (Lipinski definition) is 3. The minimum absolute atomic E-state index is 0.160. The molecule has 0 radical (unpaired) electrons. The van der Waals surface area contributed by atoms with Gasteiger partial charge in [0.2, 0.25) is 0 Å². The van der Waals surface area contributed by atoms with Gasteiger partial charge in [0.1, 0.15) is 11.6 Å². The zero-order chi connectivity index (χ0) is 16.0. The van der Waals surface area contributed by atoms with Gasteiger partial charge in [-0.3, -0.25) is 0 Å². The summed E-state index contributed by atoms with van der Waals surface area (Å²) in [5.74, 6) is -0.961. The molecule has 0 amide bonds. The van der Waals surface area contributed by atoms with Crippen LogP contribution in [-0.4, -0.2) is 42.8 Å². The summed E-state index contributed by atoms with van der Waals surface area (Å²) in [5, 5.41) is 12.8. The lowest BCUT2D eigenvalue weighted by atomic mass is 9.91. The third-order valence-electron chi connectivity index (χ3n) is 4.00. The quantitative estimate of drug-likeness (QED) is 0.774. The number of likely N-dealkylation sites (N-methyl/N-ethyl adjacent to an activating group) is 1. The molecule has 0 aromatic heterocycles. The fourth-order valence-electron chi connectivity index (χ4n) is 2.34. The molecule has 0 spiro atoms. The van der Waals surface area contributed by atoms with E-state index in [4.69, 9.17) is 0 Å². The molecule has 0 saturated heterocycles. The smallest absolute Gasteiger partial charge is 0.128 e. The van der Waals surface area contributed by atoms with Crippen LogP contribution in [0.25, 0.3) is 0 Å². The van der Waals surface area contributed by atoms with E-state index in [1.807, 2.05) is 0 Å². The Bertz CT molecular complexity index is 464. The summed E-state index contributed by atoms with van der Waals surface area (Å²) in [4.78, 5) is 2.22. The number of aryl methyl sites for hydroxylation is 1. The summed E-state index contributed by atoms with van der Waals surface area (Å²) < 4.78 is 27.8. The molecular weight excluding hydrogens is 274 g/mol. The van der Waals surface area contributed by atoms with E-state index in [1.54, 1.807) is 6.92 Å². The third kappa shape index (κ3) is 4.46. The molecule has 1 aromatic rings. The maximum absolute atomic E-state index is 14.1. The highest BCUT2D eigenvalue weighted by molar-refractivity contribution is 5.30. The van der Waals surface area contributed by atoms with E-state index < -0.39 is 17.2 Å². The van der Waals surface area contributed by atoms with Crippen LogP contribution < -0.4 is 5.32 Å². The first-order chi connectivity index (χ1) is 9.87. The largest absolute Gasteiger partial charge is 0.394 e. The molecule has 0 bridgehead atoms. The van der Waals surface area contributed by atoms with Gasteiger partial charge in [0.15, 0.2) is 0 Å². The van der Waals surface area contributed by atoms with E-state index in [-0.39, 0.29) is 17.7 Å². The van der Waals surface area contributed by atoms with Crippen LogP contribution >= 0.6 is 0 Å². The van der Waals surface area contributed by atoms with E-state index in [0.29, 0.717) is 6.54 Å². The van der Waals surface area contributed by atoms with Crippen LogP contribution in [0.2, 0.25) is 0 Å². The topological polar surface area (TPSA) is 35.5 Å². The number of aliphatic hydroxyl groups is 1. The van der Waals surface area contributed by atoms with Crippen molar-refractivity contribution in [1.82, 2.24) is 10.2 Å². The number of nitrogens with zero attached hydrogens (tertiary/aromatic N) is 1. The number of rotatable bonds is 8. The maximum atomic E-state index is 14.1. The Kier molecular flexibility index (Phi) is 6.71. The van der Waals surface area contributed by atoms with Crippen molar-refractivity contribution < 1.29 is 13.9 Å². The monoisotopic (exact) mass is 300 g/mol. The van der Waals surface area contributed by atoms with E-state index in [1.165, 1.54) is 19.1 Å². The molecule has 1 rings (SSSR count). The number of nitrogens with one attached hydrogen (secondary N) is 1. The first-order valence-electron chi connectivity index (χ1n) is 7.42. The minimum Gasteiger partial charge on any atom is -0.394 e. The van der Waals surface area contributed by atoms with Gasteiger partial charge in [-0.15, -0.1) is 0 Å². The van der Waals surface area contributed by atoms with Gasteiger partial charge in [0.05, 0.1) is 12.1 Å². The molecule has 5 heteroatoms. The van der Waals surface area contributed by atoms with Crippen LogP contribution in [0.3, 0.4) is 0 Å². The molecule has 0 aliphatic carbocycles. The van der Waals surface area contributed by atoms with Crippen LogP contribution in [0.5, 0.6) is 0 Å². The Balaban J connectivity index is 2.87. The van der Waals surface area contributed by atoms with Crippen LogP contribution in [0.1, 0.15) is 31.9 Å². The summed E-state index contributed by atoms with van der Waals surface area (Å²) in [6.07, 6.45) is 0. The summed E-state index contributed by atoms with van der Waals surface area (Å²) in [5.41, 5.74) is -0.571. The van der Waals surface area contributed by atoms with Crippen molar-refractivity contribution in [1.29, 1.82) is 0 Å². The average molecular weight is 300 g/mol. The highest BCUT2D eigenvalue weighted by Crippen LogP contribution is 2.25. The van der Waals surface area contributed by atoms with Crippen LogP contribution in [0, 0.1) is 18.6 Å². The SMILES string of the molecule is CCN(CC)CCNC(C)(CO)c1cc(F)c(C)cc1F. The molecule has 1 atom stereocenters. The first-order valence-corrected chi connectivity index (χ1v) is 7.42. The second kappa shape index (κ2) is 7.82. The van der Waals surface area contributed by atoms with Crippen LogP contribution in [0.4, 0.5) is 8.78 Å². The van der Waals surface area contributed by atoms with Crippen molar-refractivity contribution >= 4 is 0 Å². The van der Waals surface area contributed by atoms with E-state index in [9.17, 15) is 13.9 Å². The lowest BCUT2D eigenvalue weighted by molar-refractivity contribution is 0.164. The van der Waals surface area contributed by atoms with Crippen LogP contribution in [0.15, 0.2) is 12.1 Å². The fourth-order valence-corrected chi connectivity index (χ4v) is 2.34. The molecule has 1 aromatic carbocycles. The number of halogens is 2. The van der Waals surface area contributed by atoms with Gasteiger partial charge >= 0.3 is 0 Å². The third-order valence-corrected chi connectivity index (χ3v) is 4.00. The lowest BCUT2D eigenvalue weighted by Crippen LogP contribution is -2.46. The zero-order valence-corrected chi connectivity index (χ0v) is 13.3. The molecule has 0 fully saturated rings. The van der Waals surface area contributed by atoms with Crippen molar-refractivity contribution in [3.8, 4) is 0 Å². The Hall–Kier alpha value is -1.04. The average Bonchev–Trinajstić information content (AvgIpc) is 2.47. The van der Waals surface area contributed by atoms with Gasteiger partial charge in [-0.05, 0) is 44.6 Å². The highest BCUT2D eigenvalue weighted by atomic mass is 19.1. The van der Waals surface area contributed by atoms with Gasteiger partial charge in [0.25, 0.3) is 0 Å². The predicted octanol–water partition coefficient (Wildman–Crippen LogP) is 2.41. The molecule has 1 unspecified atom stereocenters. The van der Waals surface area contributed by atoms with Gasteiger partial charge in [-0.25, -0.2) is 8.78 Å². The van der Waals surface area contributed by atoms with Crippen molar-refractivity contribution in [2.24, 2.45) is 0 Å². The Morgan fingerprint density at radius 2 is 1.81 bits per heavy atom. The van der Waals surface area contributed by atoms with E-state index in [0.717, 1.165) is 19.6 Å². The lowest BCUT2D eigenvalue weighted by Gasteiger charge is -2.31. The Morgan fingerprint density at radius 1 is 1.19 bits per heavy atom. The van der Waals surface area contributed by atoms with Gasteiger partial charge in [0, 0.05) is 18.7 Å². The number of benzene rings is 1. The first kappa shape index (κ1) is 18.0. The fraction of sp³-hybridized carbons (Fsp3) is 0.625.